The molecule has 3 heteroatoms. The Bertz CT molecular complexity index is 3190. The molecule has 0 unspecified atom stereocenters. The molecule has 11 rings (SSSR count). The van der Waals surface area contributed by atoms with Crippen molar-refractivity contribution < 1.29 is 4.42 Å². The van der Waals surface area contributed by atoms with Gasteiger partial charge in [0.05, 0.1) is 27.8 Å². The molecule has 0 atom stereocenters. The van der Waals surface area contributed by atoms with E-state index in [4.69, 9.17) is 4.42 Å². The van der Waals surface area contributed by atoms with Gasteiger partial charge < -0.3 is 13.9 Å². The topological polar surface area (TPSA) is 21.3 Å². The second-order valence-corrected chi connectivity index (χ2v) is 13.7. The molecule has 0 aliphatic rings. The second-order valence-electron chi connectivity index (χ2n) is 13.7. The average Bonchev–Trinajstić information content (AvgIpc) is 3.78. The zero-order valence-electron chi connectivity index (χ0n) is 28.8. The van der Waals surface area contributed by atoms with Gasteiger partial charge in [-0.25, -0.2) is 0 Å². The maximum absolute atomic E-state index is 6.47. The van der Waals surface area contributed by atoms with Gasteiger partial charge in [-0.1, -0.05) is 140 Å². The van der Waals surface area contributed by atoms with Crippen molar-refractivity contribution in [1.29, 1.82) is 0 Å². The minimum atomic E-state index is 0.868. The summed E-state index contributed by atoms with van der Waals surface area (Å²) in [6.45, 7) is 0. The molecule has 0 bridgehead atoms. The van der Waals surface area contributed by atoms with E-state index in [1.54, 1.807) is 0 Å². The summed E-state index contributed by atoms with van der Waals surface area (Å²) in [6.07, 6.45) is 0. The fraction of sp³-hybridized carbons (Fsp3) is 0. The number of nitrogens with zero attached hydrogens (tertiary/aromatic N) is 2. The van der Waals surface area contributed by atoms with Gasteiger partial charge in [0.15, 0.2) is 0 Å². The zero-order chi connectivity index (χ0) is 34.9. The van der Waals surface area contributed by atoms with Crippen LogP contribution in [0.5, 0.6) is 0 Å². The van der Waals surface area contributed by atoms with Crippen LogP contribution in [0.25, 0.3) is 82.1 Å². The maximum Gasteiger partial charge on any atom is 0.137 e. The molecular weight excluding hydrogens is 645 g/mol. The number of aromatic nitrogens is 1. The van der Waals surface area contributed by atoms with Gasteiger partial charge in [0.1, 0.15) is 11.2 Å². The van der Waals surface area contributed by atoms with Crippen LogP contribution in [0.4, 0.5) is 17.1 Å². The van der Waals surface area contributed by atoms with Crippen LogP contribution >= 0.6 is 0 Å². The van der Waals surface area contributed by atoms with E-state index in [1.165, 1.54) is 48.9 Å². The first-order valence-electron chi connectivity index (χ1n) is 18.1. The lowest BCUT2D eigenvalue weighted by molar-refractivity contribution is 0.669. The quantitative estimate of drug-likeness (QED) is 0.169. The van der Waals surface area contributed by atoms with Gasteiger partial charge in [0.25, 0.3) is 0 Å². The normalized spacial score (nSPS) is 11.8. The SMILES string of the molecule is c1ccc(-n2c3ccccc3c3cccc(-c4cccc(N(c5cc6ccccc6c6ccccc56)c5cccc6oc7ccccc7c56)c4)c32)cc1. The Morgan fingerprint density at radius 3 is 1.96 bits per heavy atom. The molecule has 0 aliphatic carbocycles. The molecule has 248 valence electrons. The number of fused-ring (bicyclic) bond motifs is 9. The van der Waals surface area contributed by atoms with Gasteiger partial charge in [0, 0.05) is 38.5 Å². The summed E-state index contributed by atoms with van der Waals surface area (Å²) >= 11 is 0. The third-order valence-electron chi connectivity index (χ3n) is 10.7. The molecule has 0 saturated heterocycles. The Balaban J connectivity index is 1.22. The smallest absolute Gasteiger partial charge is 0.137 e. The van der Waals surface area contributed by atoms with Gasteiger partial charge in [-0.2, -0.15) is 0 Å². The molecule has 0 radical (unpaired) electrons. The van der Waals surface area contributed by atoms with Gasteiger partial charge in [0.2, 0.25) is 0 Å². The van der Waals surface area contributed by atoms with Crippen molar-refractivity contribution in [2.75, 3.05) is 4.90 Å². The highest BCUT2D eigenvalue weighted by molar-refractivity contribution is 6.19. The number of hydrogen-bond donors (Lipinski definition) is 0. The van der Waals surface area contributed by atoms with E-state index in [1.807, 2.05) is 6.07 Å². The van der Waals surface area contributed by atoms with Gasteiger partial charge in [-0.3, -0.25) is 0 Å². The Hall–Kier alpha value is -7.10. The maximum atomic E-state index is 6.47. The Morgan fingerprint density at radius 2 is 1.08 bits per heavy atom. The summed E-state index contributed by atoms with van der Waals surface area (Å²) in [5.41, 5.74) is 10.9. The summed E-state index contributed by atoms with van der Waals surface area (Å²) < 4.78 is 8.88. The minimum Gasteiger partial charge on any atom is -0.456 e. The van der Waals surface area contributed by atoms with Crippen LogP contribution in [-0.2, 0) is 0 Å². The van der Waals surface area contributed by atoms with Crippen LogP contribution in [0.15, 0.2) is 199 Å². The summed E-state index contributed by atoms with van der Waals surface area (Å²) in [4.78, 5) is 2.44. The molecule has 0 amide bonds. The summed E-state index contributed by atoms with van der Waals surface area (Å²) in [5.74, 6) is 0. The van der Waals surface area contributed by atoms with E-state index in [-0.39, 0.29) is 0 Å². The van der Waals surface area contributed by atoms with Crippen LogP contribution in [0.2, 0.25) is 0 Å². The highest BCUT2D eigenvalue weighted by Crippen LogP contribution is 2.47. The number of para-hydroxylation sites is 4. The fourth-order valence-electron chi connectivity index (χ4n) is 8.48. The van der Waals surface area contributed by atoms with Crippen LogP contribution in [0.1, 0.15) is 0 Å². The van der Waals surface area contributed by atoms with E-state index in [2.05, 4.69) is 198 Å². The Morgan fingerprint density at radius 1 is 0.415 bits per heavy atom. The number of furan rings is 1. The standard InChI is InChI=1S/C50H32N2O/c1-2-17-35(18-3-1)52-44-27-10-8-23-41(44)42-26-13-25-38(50(42)52)33-16-12-19-36(31-33)51(45-28-14-30-48-49(45)43-24-9-11-29-47(43)53-48)46-32-34-15-4-5-20-37(34)39-21-6-7-22-40(39)46/h1-32H. The number of benzene rings is 9. The second kappa shape index (κ2) is 11.7. The van der Waals surface area contributed by atoms with Crippen molar-refractivity contribution in [3.63, 3.8) is 0 Å². The van der Waals surface area contributed by atoms with Crippen molar-refractivity contribution in [3.8, 4) is 16.8 Å². The van der Waals surface area contributed by atoms with E-state index in [9.17, 15) is 0 Å². The van der Waals surface area contributed by atoms with E-state index in [0.29, 0.717) is 0 Å². The molecule has 11 aromatic rings. The van der Waals surface area contributed by atoms with Gasteiger partial charge in [-0.05, 0) is 76.3 Å². The molecular formula is C50H32N2O. The number of rotatable bonds is 5. The lowest BCUT2D eigenvalue weighted by atomic mass is 9.97. The van der Waals surface area contributed by atoms with Crippen molar-refractivity contribution in [2.24, 2.45) is 0 Å². The molecule has 0 spiro atoms. The summed E-state index contributed by atoms with van der Waals surface area (Å²) in [5, 5.41) is 9.53. The fourth-order valence-corrected chi connectivity index (χ4v) is 8.48. The zero-order valence-corrected chi connectivity index (χ0v) is 28.8. The Kier molecular flexibility index (Phi) is 6.55. The molecule has 0 fully saturated rings. The van der Waals surface area contributed by atoms with E-state index >= 15 is 0 Å². The predicted octanol–water partition coefficient (Wildman–Crippen LogP) is 14.1. The highest BCUT2D eigenvalue weighted by atomic mass is 16.3. The van der Waals surface area contributed by atoms with Crippen LogP contribution < -0.4 is 4.90 Å². The number of hydrogen-bond acceptors (Lipinski definition) is 2. The van der Waals surface area contributed by atoms with Crippen LogP contribution in [0.3, 0.4) is 0 Å². The van der Waals surface area contributed by atoms with E-state index < -0.39 is 0 Å². The minimum absolute atomic E-state index is 0.868. The van der Waals surface area contributed by atoms with Crippen LogP contribution in [-0.4, -0.2) is 4.57 Å². The summed E-state index contributed by atoms with van der Waals surface area (Å²) in [7, 11) is 0. The monoisotopic (exact) mass is 676 g/mol. The third kappa shape index (κ3) is 4.54. The highest BCUT2D eigenvalue weighted by Gasteiger charge is 2.23. The Labute approximate surface area is 306 Å². The first kappa shape index (κ1) is 29.6. The molecule has 2 heterocycles. The molecule has 3 nitrogen and oxygen atoms in total. The molecule has 0 N–H and O–H groups in total. The molecule has 0 saturated carbocycles. The van der Waals surface area contributed by atoms with Gasteiger partial charge >= 0.3 is 0 Å². The molecule has 53 heavy (non-hydrogen) atoms. The number of anilines is 3. The van der Waals surface area contributed by atoms with Crippen LogP contribution in [0, 0.1) is 0 Å². The van der Waals surface area contributed by atoms with Crippen molar-refractivity contribution in [1.82, 2.24) is 4.57 Å². The first-order valence-corrected chi connectivity index (χ1v) is 18.1. The molecule has 2 aromatic heterocycles. The lowest BCUT2D eigenvalue weighted by Crippen LogP contribution is -2.11. The van der Waals surface area contributed by atoms with Gasteiger partial charge in [-0.15, -0.1) is 0 Å². The largest absolute Gasteiger partial charge is 0.456 e. The first-order chi connectivity index (χ1) is 26.3. The molecule has 9 aromatic carbocycles. The summed E-state index contributed by atoms with van der Waals surface area (Å²) in [6, 6.07) is 69.8. The molecule has 0 aliphatic heterocycles. The predicted molar refractivity (Wildman–Crippen MR) is 223 cm³/mol. The van der Waals surface area contributed by atoms with Crippen molar-refractivity contribution in [2.45, 2.75) is 0 Å². The third-order valence-corrected chi connectivity index (χ3v) is 10.7. The average molecular weight is 677 g/mol. The van der Waals surface area contributed by atoms with Crippen molar-refractivity contribution in [3.05, 3.63) is 194 Å². The van der Waals surface area contributed by atoms with E-state index in [0.717, 1.165) is 50.3 Å². The van der Waals surface area contributed by atoms with Crippen molar-refractivity contribution >= 4 is 82.4 Å². The lowest BCUT2D eigenvalue weighted by Gasteiger charge is -2.28.